The quantitative estimate of drug-likeness (QED) is 0.650. The van der Waals surface area contributed by atoms with Gasteiger partial charge in [-0.05, 0) is 75.2 Å². The van der Waals surface area contributed by atoms with Crippen LogP contribution in [0.4, 0.5) is 0 Å². The van der Waals surface area contributed by atoms with Gasteiger partial charge in [-0.2, -0.15) is 4.31 Å². The second-order valence-electron chi connectivity index (χ2n) is 8.40. The molecule has 0 unspecified atom stereocenters. The van der Waals surface area contributed by atoms with Crippen LogP contribution in [0.25, 0.3) is 0 Å². The van der Waals surface area contributed by atoms with Gasteiger partial charge in [-0.15, -0.1) is 0 Å². The second-order valence-corrected chi connectivity index (χ2v) is 10.3. The number of ether oxygens (including phenoxy) is 1. The third kappa shape index (κ3) is 5.00. The van der Waals surface area contributed by atoms with Gasteiger partial charge in [0.05, 0.1) is 30.2 Å². The number of nitrogens with one attached hydrogen (secondary N) is 1. The molecule has 1 aromatic heterocycles. The Kier molecular flexibility index (Phi) is 7.17. The summed E-state index contributed by atoms with van der Waals surface area (Å²) in [5, 5.41) is 3.07. The molecule has 0 saturated carbocycles. The Balaban J connectivity index is 1.39. The molecule has 3 heterocycles. The minimum Gasteiger partial charge on any atom is -0.497 e. The summed E-state index contributed by atoms with van der Waals surface area (Å²) in [6.07, 6.45) is 5.28. The van der Waals surface area contributed by atoms with Crippen molar-refractivity contribution in [2.45, 2.75) is 36.6 Å². The van der Waals surface area contributed by atoms with Crippen LogP contribution in [0.3, 0.4) is 0 Å². The Labute approximate surface area is 189 Å². The summed E-state index contributed by atoms with van der Waals surface area (Å²) in [7, 11) is -2.12. The van der Waals surface area contributed by atoms with Gasteiger partial charge in [0, 0.05) is 19.6 Å². The molecule has 0 aliphatic carbocycles. The molecule has 32 heavy (non-hydrogen) atoms. The van der Waals surface area contributed by atoms with Crippen LogP contribution in [-0.4, -0.2) is 63.4 Å². The smallest absolute Gasteiger partial charge is 0.243 e. The van der Waals surface area contributed by atoms with E-state index in [2.05, 4.69) is 10.2 Å². The highest BCUT2D eigenvalue weighted by atomic mass is 32.2. The molecule has 0 radical (unpaired) electrons. The normalized spacial score (nSPS) is 21.3. The van der Waals surface area contributed by atoms with E-state index in [0.29, 0.717) is 31.7 Å². The maximum atomic E-state index is 13.1. The second kappa shape index (κ2) is 10.1. The number of benzene rings is 1. The molecular weight excluding hydrogens is 430 g/mol. The van der Waals surface area contributed by atoms with E-state index in [0.717, 1.165) is 31.7 Å². The van der Waals surface area contributed by atoms with Crippen molar-refractivity contribution in [2.75, 3.05) is 39.8 Å². The molecule has 2 aromatic rings. The van der Waals surface area contributed by atoms with Crippen molar-refractivity contribution in [2.24, 2.45) is 5.92 Å². The van der Waals surface area contributed by atoms with Gasteiger partial charge in [-0.1, -0.05) is 0 Å². The van der Waals surface area contributed by atoms with Crippen LogP contribution >= 0.6 is 0 Å². The van der Waals surface area contributed by atoms with Gasteiger partial charge in [-0.25, -0.2) is 8.42 Å². The predicted molar refractivity (Wildman–Crippen MR) is 120 cm³/mol. The van der Waals surface area contributed by atoms with Gasteiger partial charge in [0.15, 0.2) is 0 Å². The Morgan fingerprint density at radius 3 is 2.56 bits per heavy atom. The van der Waals surface area contributed by atoms with Crippen molar-refractivity contribution in [3.63, 3.8) is 0 Å². The number of carbonyl (C=O) groups excluding carboxylic acids is 1. The van der Waals surface area contributed by atoms with E-state index in [1.807, 2.05) is 12.1 Å². The molecule has 2 fully saturated rings. The van der Waals surface area contributed by atoms with Gasteiger partial charge < -0.3 is 14.5 Å². The first-order chi connectivity index (χ1) is 15.5. The standard InChI is InChI=1S/C23H31N3O5S/c1-30-19-8-10-20(11-9-19)32(28,29)26-14-4-6-18(17-26)23(27)24-16-21(22-7-5-15-31-22)25-12-2-3-13-25/h5,7-11,15,18,21H,2-4,6,12-14,16-17H2,1H3,(H,24,27)/t18-,21+/m1/s1. The Morgan fingerprint density at radius 1 is 1.16 bits per heavy atom. The molecule has 1 aromatic carbocycles. The van der Waals surface area contributed by atoms with E-state index in [9.17, 15) is 13.2 Å². The van der Waals surface area contributed by atoms with E-state index < -0.39 is 10.0 Å². The number of nitrogens with zero attached hydrogens (tertiary/aromatic N) is 2. The number of likely N-dealkylation sites (tertiary alicyclic amines) is 1. The number of hydrogen-bond donors (Lipinski definition) is 1. The number of methoxy groups -OCH3 is 1. The lowest BCUT2D eigenvalue weighted by atomic mass is 9.98. The zero-order chi connectivity index (χ0) is 22.6. The molecule has 0 bridgehead atoms. The number of carbonyl (C=O) groups is 1. The summed E-state index contributed by atoms with van der Waals surface area (Å²) >= 11 is 0. The summed E-state index contributed by atoms with van der Waals surface area (Å²) in [6, 6.07) is 10.2. The summed E-state index contributed by atoms with van der Waals surface area (Å²) in [5.41, 5.74) is 0. The van der Waals surface area contributed by atoms with Gasteiger partial charge in [0.2, 0.25) is 15.9 Å². The van der Waals surface area contributed by atoms with E-state index in [1.54, 1.807) is 30.5 Å². The molecule has 4 rings (SSSR count). The Hall–Kier alpha value is -2.36. The monoisotopic (exact) mass is 461 g/mol. The molecule has 2 aliphatic rings. The lowest BCUT2D eigenvalue weighted by molar-refractivity contribution is -0.126. The Morgan fingerprint density at radius 2 is 1.91 bits per heavy atom. The Bertz CT molecular complexity index is 985. The van der Waals surface area contributed by atoms with Crippen LogP contribution in [0.2, 0.25) is 0 Å². The molecule has 174 valence electrons. The number of hydrogen-bond acceptors (Lipinski definition) is 6. The lowest BCUT2D eigenvalue weighted by Gasteiger charge is -2.32. The highest BCUT2D eigenvalue weighted by molar-refractivity contribution is 7.89. The maximum Gasteiger partial charge on any atom is 0.243 e. The first-order valence-electron chi connectivity index (χ1n) is 11.2. The summed E-state index contributed by atoms with van der Waals surface area (Å²) in [6.45, 7) is 3.03. The first-order valence-corrected chi connectivity index (χ1v) is 12.6. The van der Waals surface area contributed by atoms with Crippen LogP contribution < -0.4 is 10.1 Å². The van der Waals surface area contributed by atoms with Crippen molar-refractivity contribution >= 4 is 15.9 Å². The number of piperidine rings is 1. The molecule has 8 nitrogen and oxygen atoms in total. The van der Waals surface area contributed by atoms with E-state index in [-0.39, 0.29) is 29.3 Å². The van der Waals surface area contributed by atoms with Crippen LogP contribution in [0.15, 0.2) is 52.0 Å². The van der Waals surface area contributed by atoms with E-state index in [4.69, 9.17) is 9.15 Å². The number of furan rings is 1. The van der Waals surface area contributed by atoms with Gasteiger partial charge in [0.1, 0.15) is 11.5 Å². The average Bonchev–Trinajstić information content (AvgIpc) is 3.54. The number of rotatable bonds is 8. The highest BCUT2D eigenvalue weighted by Gasteiger charge is 2.34. The summed E-state index contributed by atoms with van der Waals surface area (Å²) in [5.74, 6) is 0.978. The molecular formula is C23H31N3O5S. The fraction of sp³-hybridized carbons (Fsp3) is 0.522. The van der Waals surface area contributed by atoms with Gasteiger partial charge in [0.25, 0.3) is 0 Å². The van der Waals surface area contributed by atoms with E-state index in [1.165, 1.54) is 11.4 Å². The average molecular weight is 462 g/mol. The lowest BCUT2D eigenvalue weighted by Crippen LogP contribution is -2.46. The summed E-state index contributed by atoms with van der Waals surface area (Å²) in [4.78, 5) is 15.5. The first kappa shape index (κ1) is 22.8. The van der Waals surface area contributed by atoms with Crippen LogP contribution in [0.1, 0.15) is 37.5 Å². The largest absolute Gasteiger partial charge is 0.497 e. The predicted octanol–water partition coefficient (Wildman–Crippen LogP) is 2.64. The van der Waals surface area contributed by atoms with Crippen molar-refractivity contribution in [3.8, 4) is 5.75 Å². The summed E-state index contributed by atoms with van der Waals surface area (Å²) < 4.78 is 38.3. The molecule has 0 spiro atoms. The van der Waals surface area contributed by atoms with Crippen molar-refractivity contribution in [1.82, 2.24) is 14.5 Å². The zero-order valence-electron chi connectivity index (χ0n) is 18.4. The number of sulfonamides is 1. The molecule has 9 heteroatoms. The minimum atomic E-state index is -3.66. The van der Waals surface area contributed by atoms with Gasteiger partial charge in [-0.3, -0.25) is 9.69 Å². The molecule has 1 amide bonds. The third-order valence-corrected chi connectivity index (χ3v) is 8.25. The van der Waals surface area contributed by atoms with Crippen LogP contribution in [0.5, 0.6) is 5.75 Å². The van der Waals surface area contributed by atoms with Crippen molar-refractivity contribution in [1.29, 1.82) is 0 Å². The minimum absolute atomic E-state index is 0.000764. The van der Waals surface area contributed by atoms with Crippen LogP contribution in [-0.2, 0) is 14.8 Å². The number of amides is 1. The molecule has 2 atom stereocenters. The van der Waals surface area contributed by atoms with E-state index >= 15 is 0 Å². The molecule has 2 aliphatic heterocycles. The zero-order valence-corrected chi connectivity index (χ0v) is 19.2. The topological polar surface area (TPSA) is 92.1 Å². The van der Waals surface area contributed by atoms with Crippen molar-refractivity contribution < 1.29 is 22.4 Å². The highest BCUT2D eigenvalue weighted by Crippen LogP contribution is 2.27. The molecule has 1 N–H and O–H groups in total. The third-order valence-electron chi connectivity index (χ3n) is 6.37. The van der Waals surface area contributed by atoms with Gasteiger partial charge >= 0.3 is 0 Å². The fourth-order valence-corrected chi connectivity index (χ4v) is 6.08. The molecule has 2 saturated heterocycles. The SMILES string of the molecule is COc1ccc(S(=O)(=O)N2CCC[C@@H](C(=O)NC[C@@H](c3ccco3)N3CCCC3)C2)cc1. The van der Waals surface area contributed by atoms with Crippen LogP contribution in [0, 0.1) is 5.92 Å². The maximum absolute atomic E-state index is 13.1. The fourth-order valence-electron chi connectivity index (χ4n) is 4.56. The van der Waals surface area contributed by atoms with Crippen molar-refractivity contribution in [3.05, 3.63) is 48.4 Å².